The monoisotopic (exact) mass is 207 g/mol. The zero-order chi connectivity index (χ0) is 11.4. The molecule has 0 aromatic heterocycles. The van der Waals surface area contributed by atoms with Crippen molar-refractivity contribution >= 4 is 0 Å². The third kappa shape index (κ3) is 2.20. The molecular weight excluding hydrogens is 194 g/mol. The Morgan fingerprint density at radius 3 is 2.40 bits per heavy atom. The largest absolute Gasteiger partial charge is 0.493 e. The lowest BCUT2D eigenvalue weighted by Gasteiger charge is -2.14. The third-order valence-corrected chi connectivity index (χ3v) is 2.09. The van der Waals surface area contributed by atoms with Crippen molar-refractivity contribution in [3.63, 3.8) is 0 Å². The molecule has 1 aromatic rings. The standard InChI is InChI=1S/C11H13NO3/c1-7(13)9-4-8(6-12)5-10(14-2)11(9)15-3/h4-5,7,13H,1-3H3. The Bertz CT molecular complexity index is 394. The Hall–Kier alpha value is -1.73. The summed E-state index contributed by atoms with van der Waals surface area (Å²) in [6.07, 6.45) is -0.706. The van der Waals surface area contributed by atoms with E-state index in [4.69, 9.17) is 14.7 Å². The average molecular weight is 207 g/mol. The molecule has 0 saturated carbocycles. The number of ether oxygens (including phenoxy) is 2. The van der Waals surface area contributed by atoms with Crippen LogP contribution in [0.3, 0.4) is 0 Å². The number of aliphatic hydroxyl groups excluding tert-OH is 1. The van der Waals surface area contributed by atoms with Crippen LogP contribution in [0.2, 0.25) is 0 Å². The van der Waals surface area contributed by atoms with E-state index in [2.05, 4.69) is 0 Å². The second-order valence-corrected chi connectivity index (χ2v) is 3.09. The number of nitriles is 1. The first kappa shape index (κ1) is 11.3. The molecule has 1 aromatic carbocycles. The molecule has 1 unspecified atom stereocenters. The predicted molar refractivity (Wildman–Crippen MR) is 54.9 cm³/mol. The first-order chi connectivity index (χ1) is 7.13. The molecule has 0 radical (unpaired) electrons. The lowest BCUT2D eigenvalue weighted by atomic mass is 10.1. The van der Waals surface area contributed by atoms with Crippen LogP contribution in [-0.4, -0.2) is 19.3 Å². The fourth-order valence-electron chi connectivity index (χ4n) is 1.37. The molecule has 4 heteroatoms. The van der Waals surface area contributed by atoms with Crippen molar-refractivity contribution in [1.29, 1.82) is 5.26 Å². The van der Waals surface area contributed by atoms with Gasteiger partial charge in [0.05, 0.1) is 32.0 Å². The maximum atomic E-state index is 9.53. The number of methoxy groups -OCH3 is 2. The second-order valence-electron chi connectivity index (χ2n) is 3.09. The van der Waals surface area contributed by atoms with Crippen LogP contribution in [0, 0.1) is 11.3 Å². The van der Waals surface area contributed by atoms with Gasteiger partial charge >= 0.3 is 0 Å². The summed E-state index contributed by atoms with van der Waals surface area (Å²) in [5.41, 5.74) is 0.983. The van der Waals surface area contributed by atoms with Crippen molar-refractivity contribution in [1.82, 2.24) is 0 Å². The van der Waals surface area contributed by atoms with Crippen LogP contribution in [0.4, 0.5) is 0 Å². The minimum Gasteiger partial charge on any atom is -0.493 e. The van der Waals surface area contributed by atoms with Gasteiger partial charge in [-0.15, -0.1) is 0 Å². The molecule has 0 spiro atoms. The summed E-state index contributed by atoms with van der Waals surface area (Å²) in [6, 6.07) is 5.17. The molecule has 4 nitrogen and oxygen atoms in total. The first-order valence-electron chi connectivity index (χ1n) is 4.48. The Labute approximate surface area is 88.7 Å². The van der Waals surface area contributed by atoms with Gasteiger partial charge in [-0.3, -0.25) is 0 Å². The van der Waals surface area contributed by atoms with Crippen molar-refractivity contribution in [2.75, 3.05) is 14.2 Å². The van der Waals surface area contributed by atoms with Crippen molar-refractivity contribution in [2.24, 2.45) is 0 Å². The summed E-state index contributed by atoms with van der Waals surface area (Å²) >= 11 is 0. The van der Waals surface area contributed by atoms with Crippen LogP contribution in [-0.2, 0) is 0 Å². The molecule has 0 bridgehead atoms. The summed E-state index contributed by atoms with van der Waals surface area (Å²) < 4.78 is 10.2. The highest BCUT2D eigenvalue weighted by Crippen LogP contribution is 2.35. The topological polar surface area (TPSA) is 62.5 Å². The number of hydrogen-bond acceptors (Lipinski definition) is 4. The number of benzene rings is 1. The van der Waals surface area contributed by atoms with Crippen LogP contribution < -0.4 is 9.47 Å². The van der Waals surface area contributed by atoms with E-state index in [1.54, 1.807) is 19.1 Å². The zero-order valence-corrected chi connectivity index (χ0v) is 8.94. The van der Waals surface area contributed by atoms with Gasteiger partial charge in [0.2, 0.25) is 0 Å². The normalized spacial score (nSPS) is 11.7. The highest BCUT2D eigenvalue weighted by Gasteiger charge is 2.15. The zero-order valence-electron chi connectivity index (χ0n) is 8.94. The molecule has 1 rings (SSSR count). The summed E-state index contributed by atoms with van der Waals surface area (Å²) in [5.74, 6) is 0.916. The second kappa shape index (κ2) is 4.67. The molecule has 15 heavy (non-hydrogen) atoms. The Morgan fingerprint density at radius 2 is 2.00 bits per heavy atom. The van der Waals surface area contributed by atoms with Crippen molar-refractivity contribution < 1.29 is 14.6 Å². The first-order valence-corrected chi connectivity index (χ1v) is 4.48. The van der Waals surface area contributed by atoms with Gasteiger partial charge in [0.25, 0.3) is 0 Å². The fraction of sp³-hybridized carbons (Fsp3) is 0.364. The third-order valence-electron chi connectivity index (χ3n) is 2.09. The molecule has 1 N–H and O–H groups in total. The predicted octanol–water partition coefficient (Wildman–Crippen LogP) is 1.63. The van der Waals surface area contributed by atoms with Crippen LogP contribution in [0.5, 0.6) is 11.5 Å². The Balaban J connectivity index is 3.40. The molecule has 80 valence electrons. The Kier molecular flexibility index (Phi) is 3.53. The van der Waals surface area contributed by atoms with Crippen LogP contribution in [0.15, 0.2) is 12.1 Å². The number of nitrogens with zero attached hydrogens (tertiary/aromatic N) is 1. The molecule has 0 aliphatic heterocycles. The van der Waals surface area contributed by atoms with E-state index in [0.29, 0.717) is 22.6 Å². The number of rotatable bonds is 3. The van der Waals surface area contributed by atoms with Gasteiger partial charge in [-0.05, 0) is 13.0 Å². The molecular formula is C11H13NO3. The van der Waals surface area contributed by atoms with E-state index in [1.165, 1.54) is 14.2 Å². The maximum Gasteiger partial charge on any atom is 0.166 e. The van der Waals surface area contributed by atoms with E-state index in [1.807, 2.05) is 6.07 Å². The van der Waals surface area contributed by atoms with E-state index in [9.17, 15) is 5.11 Å². The van der Waals surface area contributed by atoms with Crippen LogP contribution in [0.25, 0.3) is 0 Å². The smallest absolute Gasteiger partial charge is 0.166 e. The maximum absolute atomic E-state index is 9.53. The SMILES string of the molecule is COc1cc(C#N)cc(C(C)O)c1OC. The quantitative estimate of drug-likeness (QED) is 0.818. The van der Waals surface area contributed by atoms with Gasteiger partial charge in [0, 0.05) is 11.6 Å². The molecule has 0 saturated heterocycles. The highest BCUT2D eigenvalue weighted by atomic mass is 16.5. The van der Waals surface area contributed by atoms with Gasteiger partial charge in [-0.2, -0.15) is 5.26 Å². The van der Waals surface area contributed by atoms with Crippen molar-refractivity contribution in [3.8, 4) is 17.6 Å². The van der Waals surface area contributed by atoms with Crippen LogP contribution in [0.1, 0.15) is 24.2 Å². The van der Waals surface area contributed by atoms with Gasteiger partial charge in [0.15, 0.2) is 11.5 Å². The molecule has 0 heterocycles. The lowest BCUT2D eigenvalue weighted by molar-refractivity contribution is 0.193. The van der Waals surface area contributed by atoms with E-state index < -0.39 is 6.10 Å². The van der Waals surface area contributed by atoms with Gasteiger partial charge < -0.3 is 14.6 Å². The highest BCUT2D eigenvalue weighted by molar-refractivity contribution is 5.53. The summed E-state index contributed by atoms with van der Waals surface area (Å²) in [4.78, 5) is 0. The van der Waals surface area contributed by atoms with E-state index in [0.717, 1.165) is 0 Å². The van der Waals surface area contributed by atoms with Gasteiger partial charge in [-0.1, -0.05) is 0 Å². The Morgan fingerprint density at radius 1 is 1.33 bits per heavy atom. The molecule has 0 aliphatic carbocycles. The summed E-state index contributed by atoms with van der Waals surface area (Å²) in [5, 5.41) is 18.3. The molecule has 1 atom stereocenters. The fourth-order valence-corrected chi connectivity index (χ4v) is 1.37. The van der Waals surface area contributed by atoms with Crippen molar-refractivity contribution in [2.45, 2.75) is 13.0 Å². The minimum atomic E-state index is -0.706. The molecule has 0 fully saturated rings. The van der Waals surface area contributed by atoms with Gasteiger partial charge in [-0.25, -0.2) is 0 Å². The van der Waals surface area contributed by atoms with E-state index >= 15 is 0 Å². The lowest BCUT2D eigenvalue weighted by Crippen LogP contribution is -2.00. The van der Waals surface area contributed by atoms with Crippen molar-refractivity contribution in [3.05, 3.63) is 23.3 Å². The summed E-state index contributed by atoms with van der Waals surface area (Å²) in [6.45, 7) is 1.61. The number of aliphatic hydroxyl groups is 1. The van der Waals surface area contributed by atoms with E-state index in [-0.39, 0.29) is 0 Å². The minimum absolute atomic E-state index is 0.434. The molecule has 0 amide bonds. The average Bonchev–Trinajstić information content (AvgIpc) is 2.26. The molecule has 0 aliphatic rings. The number of hydrogen-bond donors (Lipinski definition) is 1. The summed E-state index contributed by atoms with van der Waals surface area (Å²) in [7, 11) is 2.99. The van der Waals surface area contributed by atoms with Gasteiger partial charge in [0.1, 0.15) is 0 Å². The van der Waals surface area contributed by atoms with Crippen LogP contribution >= 0.6 is 0 Å².